The Hall–Kier alpha value is -1.53. The van der Waals surface area contributed by atoms with E-state index in [1.165, 1.54) is 0 Å². The molecule has 110 valence electrons. The first-order valence-corrected chi connectivity index (χ1v) is 7.65. The van der Waals surface area contributed by atoms with Crippen molar-refractivity contribution in [2.24, 2.45) is 0 Å². The third-order valence-electron chi connectivity index (χ3n) is 2.97. The standard InChI is InChI=1S/C15H13Br2NO3/c1-8-4-3-5-9(14(8)19)15(20)18-12-7-13(21-2)11(17)6-10(12)16/h3-7,19H,1-2H3,(H,18,20). The zero-order valence-corrected chi connectivity index (χ0v) is 14.6. The molecule has 0 saturated carbocycles. The van der Waals surface area contributed by atoms with E-state index >= 15 is 0 Å². The number of halogens is 2. The van der Waals surface area contributed by atoms with Crippen LogP contribution in [0.25, 0.3) is 0 Å². The summed E-state index contributed by atoms with van der Waals surface area (Å²) in [5, 5.41) is 12.7. The molecule has 0 atom stereocenters. The SMILES string of the molecule is COc1cc(NC(=O)c2cccc(C)c2O)c(Br)cc1Br. The van der Waals surface area contributed by atoms with Crippen LogP contribution in [-0.4, -0.2) is 18.1 Å². The van der Waals surface area contributed by atoms with E-state index in [0.29, 0.717) is 21.5 Å². The molecule has 0 aliphatic heterocycles. The first-order chi connectivity index (χ1) is 9.93. The van der Waals surface area contributed by atoms with Crippen molar-refractivity contribution in [1.29, 1.82) is 0 Å². The molecule has 0 bridgehead atoms. The van der Waals surface area contributed by atoms with Gasteiger partial charge in [-0.25, -0.2) is 0 Å². The highest BCUT2D eigenvalue weighted by atomic mass is 79.9. The highest BCUT2D eigenvalue weighted by molar-refractivity contribution is 9.11. The van der Waals surface area contributed by atoms with Gasteiger partial charge in [-0.2, -0.15) is 0 Å². The summed E-state index contributed by atoms with van der Waals surface area (Å²) in [6, 6.07) is 8.51. The summed E-state index contributed by atoms with van der Waals surface area (Å²) in [7, 11) is 1.55. The quantitative estimate of drug-likeness (QED) is 0.777. The number of amides is 1. The monoisotopic (exact) mass is 413 g/mol. The number of phenolic OH excluding ortho intramolecular Hbond substituents is 1. The van der Waals surface area contributed by atoms with Crippen LogP contribution in [0.5, 0.6) is 11.5 Å². The van der Waals surface area contributed by atoms with Gasteiger partial charge >= 0.3 is 0 Å². The number of rotatable bonds is 3. The fourth-order valence-corrected chi connectivity index (χ4v) is 3.07. The number of carbonyl (C=O) groups is 1. The first kappa shape index (κ1) is 15.9. The maximum Gasteiger partial charge on any atom is 0.259 e. The third-order valence-corrected chi connectivity index (χ3v) is 4.25. The molecule has 0 spiro atoms. The number of ether oxygens (including phenoxy) is 1. The molecule has 0 heterocycles. The van der Waals surface area contributed by atoms with Crippen molar-refractivity contribution in [2.45, 2.75) is 6.92 Å². The van der Waals surface area contributed by atoms with Gasteiger partial charge in [-0.1, -0.05) is 12.1 Å². The van der Waals surface area contributed by atoms with Gasteiger partial charge in [-0.15, -0.1) is 0 Å². The zero-order chi connectivity index (χ0) is 15.6. The predicted molar refractivity (Wildman–Crippen MR) is 89.2 cm³/mol. The number of aromatic hydroxyl groups is 1. The molecular formula is C15H13Br2NO3. The van der Waals surface area contributed by atoms with Gasteiger partial charge in [0.15, 0.2) is 0 Å². The summed E-state index contributed by atoms with van der Waals surface area (Å²) in [4.78, 5) is 12.3. The molecule has 0 fully saturated rings. The number of carbonyl (C=O) groups excluding carboxylic acids is 1. The van der Waals surface area contributed by atoms with Crippen LogP contribution in [0.2, 0.25) is 0 Å². The number of anilines is 1. The lowest BCUT2D eigenvalue weighted by Crippen LogP contribution is -2.13. The molecule has 2 aromatic rings. The summed E-state index contributed by atoms with van der Waals surface area (Å²) < 4.78 is 6.68. The lowest BCUT2D eigenvalue weighted by molar-refractivity contribution is 0.102. The molecule has 0 aromatic heterocycles. The molecule has 0 saturated heterocycles. The van der Waals surface area contributed by atoms with E-state index in [-0.39, 0.29) is 17.2 Å². The fourth-order valence-electron chi connectivity index (χ4n) is 1.81. The summed E-state index contributed by atoms with van der Waals surface area (Å²) in [6.45, 7) is 1.74. The van der Waals surface area contributed by atoms with Gasteiger partial charge in [0.05, 0.1) is 22.8 Å². The Morgan fingerprint density at radius 1 is 1.24 bits per heavy atom. The van der Waals surface area contributed by atoms with Crippen LogP contribution in [0.15, 0.2) is 39.3 Å². The Kier molecular flexibility index (Phi) is 4.90. The van der Waals surface area contributed by atoms with E-state index in [0.717, 1.165) is 4.47 Å². The molecule has 2 N–H and O–H groups in total. The van der Waals surface area contributed by atoms with Gasteiger partial charge in [-0.05, 0) is 56.5 Å². The molecule has 2 aromatic carbocycles. The smallest absolute Gasteiger partial charge is 0.259 e. The molecule has 2 rings (SSSR count). The number of phenols is 1. The Labute approximate surface area is 139 Å². The van der Waals surface area contributed by atoms with Gasteiger partial charge in [0.2, 0.25) is 0 Å². The number of methoxy groups -OCH3 is 1. The van der Waals surface area contributed by atoms with E-state index in [9.17, 15) is 9.90 Å². The van der Waals surface area contributed by atoms with Gasteiger partial charge in [0, 0.05) is 10.5 Å². The fraction of sp³-hybridized carbons (Fsp3) is 0.133. The van der Waals surface area contributed by atoms with Crippen molar-refractivity contribution in [2.75, 3.05) is 12.4 Å². The molecule has 0 aliphatic rings. The number of aryl methyl sites for hydroxylation is 1. The minimum absolute atomic E-state index is 0.0183. The van der Waals surface area contributed by atoms with Crippen molar-refractivity contribution in [1.82, 2.24) is 0 Å². The molecular weight excluding hydrogens is 402 g/mol. The topological polar surface area (TPSA) is 58.6 Å². The summed E-state index contributed by atoms with van der Waals surface area (Å²) in [5.41, 5.74) is 1.43. The van der Waals surface area contributed by atoms with Crippen molar-refractivity contribution >= 4 is 43.5 Å². The Bertz CT molecular complexity index is 702. The number of hydrogen-bond acceptors (Lipinski definition) is 3. The lowest BCUT2D eigenvalue weighted by atomic mass is 10.1. The highest BCUT2D eigenvalue weighted by Crippen LogP contribution is 2.35. The molecule has 0 aliphatic carbocycles. The van der Waals surface area contributed by atoms with Crippen LogP contribution in [0.4, 0.5) is 5.69 Å². The maximum atomic E-state index is 12.3. The van der Waals surface area contributed by atoms with Gasteiger partial charge in [0.25, 0.3) is 5.91 Å². The number of benzene rings is 2. The zero-order valence-electron chi connectivity index (χ0n) is 11.4. The predicted octanol–water partition coefficient (Wildman–Crippen LogP) is 4.49. The number of para-hydroxylation sites is 1. The molecule has 1 amide bonds. The minimum atomic E-state index is -0.388. The molecule has 21 heavy (non-hydrogen) atoms. The van der Waals surface area contributed by atoms with E-state index in [4.69, 9.17) is 4.74 Å². The van der Waals surface area contributed by atoms with Crippen LogP contribution in [0, 0.1) is 6.92 Å². The van der Waals surface area contributed by atoms with Crippen LogP contribution in [0.1, 0.15) is 15.9 Å². The van der Waals surface area contributed by atoms with Gasteiger partial charge in [-0.3, -0.25) is 4.79 Å². The molecule has 0 radical (unpaired) electrons. The Balaban J connectivity index is 2.34. The van der Waals surface area contributed by atoms with Gasteiger partial charge in [0.1, 0.15) is 11.5 Å². The van der Waals surface area contributed by atoms with E-state index in [1.54, 1.807) is 44.4 Å². The normalized spacial score (nSPS) is 10.3. The summed E-state index contributed by atoms with van der Waals surface area (Å²) in [6.07, 6.45) is 0. The number of nitrogens with one attached hydrogen (secondary N) is 1. The lowest BCUT2D eigenvalue weighted by Gasteiger charge is -2.12. The van der Waals surface area contributed by atoms with Crippen LogP contribution >= 0.6 is 31.9 Å². The maximum absolute atomic E-state index is 12.3. The second-order valence-electron chi connectivity index (χ2n) is 4.39. The van der Waals surface area contributed by atoms with Gasteiger partial charge < -0.3 is 15.2 Å². The summed E-state index contributed by atoms with van der Waals surface area (Å²) >= 11 is 6.75. The largest absolute Gasteiger partial charge is 0.507 e. The van der Waals surface area contributed by atoms with Crippen LogP contribution in [0.3, 0.4) is 0 Å². The minimum Gasteiger partial charge on any atom is -0.507 e. The van der Waals surface area contributed by atoms with Crippen LogP contribution in [-0.2, 0) is 0 Å². The second-order valence-corrected chi connectivity index (χ2v) is 6.10. The Morgan fingerprint density at radius 3 is 2.62 bits per heavy atom. The van der Waals surface area contributed by atoms with E-state index in [2.05, 4.69) is 37.2 Å². The van der Waals surface area contributed by atoms with E-state index in [1.807, 2.05) is 0 Å². The molecule has 6 heteroatoms. The highest BCUT2D eigenvalue weighted by Gasteiger charge is 2.15. The number of hydrogen-bond donors (Lipinski definition) is 2. The van der Waals surface area contributed by atoms with Crippen molar-refractivity contribution < 1.29 is 14.6 Å². The van der Waals surface area contributed by atoms with Crippen molar-refractivity contribution in [3.05, 3.63) is 50.4 Å². The molecule has 4 nitrogen and oxygen atoms in total. The Morgan fingerprint density at radius 2 is 1.95 bits per heavy atom. The summed E-state index contributed by atoms with van der Waals surface area (Å²) in [5.74, 6) is 0.193. The average molecular weight is 415 g/mol. The average Bonchev–Trinajstić information content (AvgIpc) is 2.44. The van der Waals surface area contributed by atoms with Crippen LogP contribution < -0.4 is 10.1 Å². The van der Waals surface area contributed by atoms with E-state index < -0.39 is 0 Å². The first-order valence-electron chi connectivity index (χ1n) is 6.07. The molecule has 0 unspecified atom stereocenters. The third kappa shape index (κ3) is 3.39. The van der Waals surface area contributed by atoms with Crippen molar-refractivity contribution in [3.63, 3.8) is 0 Å². The van der Waals surface area contributed by atoms with Crippen molar-refractivity contribution in [3.8, 4) is 11.5 Å². The second kappa shape index (κ2) is 6.49.